The minimum Gasteiger partial charge on any atom is -0.455 e. The third-order valence-electron chi connectivity index (χ3n) is 3.32. The molecule has 0 aliphatic carbocycles. The van der Waals surface area contributed by atoms with Crippen LogP contribution in [0.1, 0.15) is 11.3 Å². The van der Waals surface area contributed by atoms with E-state index in [9.17, 15) is 0 Å². The second kappa shape index (κ2) is 7.52. The molecule has 6 heteroatoms. The van der Waals surface area contributed by atoms with Gasteiger partial charge in [-0.3, -0.25) is 4.98 Å². The van der Waals surface area contributed by atoms with Gasteiger partial charge >= 0.3 is 0 Å². The maximum Gasteiger partial charge on any atom is 0.187 e. The van der Waals surface area contributed by atoms with E-state index in [0.717, 1.165) is 16.9 Å². The van der Waals surface area contributed by atoms with Crippen molar-refractivity contribution in [3.8, 4) is 11.3 Å². The zero-order chi connectivity index (χ0) is 16.8. The molecule has 0 atom stereocenters. The van der Waals surface area contributed by atoms with Crippen LogP contribution >= 0.6 is 12.2 Å². The van der Waals surface area contributed by atoms with Gasteiger partial charge in [0.2, 0.25) is 0 Å². The second-order valence-corrected chi connectivity index (χ2v) is 5.49. The number of rotatable bonds is 5. The average molecular weight is 336 g/mol. The van der Waals surface area contributed by atoms with Crippen molar-refractivity contribution in [1.29, 1.82) is 0 Å². The van der Waals surface area contributed by atoms with Crippen molar-refractivity contribution in [2.75, 3.05) is 0 Å². The molecule has 0 spiro atoms. The first kappa shape index (κ1) is 15.9. The van der Waals surface area contributed by atoms with Gasteiger partial charge in [-0.25, -0.2) is 5.01 Å². The maximum atomic E-state index is 5.78. The molecule has 0 aliphatic rings. The van der Waals surface area contributed by atoms with Gasteiger partial charge in [-0.15, -0.1) is 0 Å². The molecule has 0 bridgehead atoms. The summed E-state index contributed by atoms with van der Waals surface area (Å²) in [7, 11) is 0. The van der Waals surface area contributed by atoms with Gasteiger partial charge in [0.15, 0.2) is 5.11 Å². The number of nitrogens with two attached hydrogens (primary N) is 1. The predicted molar refractivity (Wildman–Crippen MR) is 98.3 cm³/mol. The summed E-state index contributed by atoms with van der Waals surface area (Å²) in [5.41, 5.74) is 7.71. The Morgan fingerprint density at radius 2 is 2.00 bits per heavy atom. The summed E-state index contributed by atoms with van der Waals surface area (Å²) in [5, 5.41) is 6.03. The molecule has 0 aliphatic heterocycles. The maximum absolute atomic E-state index is 5.78. The Morgan fingerprint density at radius 1 is 1.17 bits per heavy atom. The van der Waals surface area contributed by atoms with E-state index in [2.05, 4.69) is 10.1 Å². The molecule has 5 nitrogen and oxygen atoms in total. The number of furan rings is 1. The van der Waals surface area contributed by atoms with Crippen LogP contribution in [0.4, 0.5) is 0 Å². The van der Waals surface area contributed by atoms with Crippen LogP contribution < -0.4 is 5.73 Å². The van der Waals surface area contributed by atoms with E-state index >= 15 is 0 Å². The van der Waals surface area contributed by atoms with E-state index in [4.69, 9.17) is 22.4 Å². The van der Waals surface area contributed by atoms with Crippen molar-refractivity contribution in [3.05, 3.63) is 78.3 Å². The van der Waals surface area contributed by atoms with Crippen LogP contribution in [-0.2, 0) is 6.54 Å². The van der Waals surface area contributed by atoms with E-state index in [1.165, 1.54) is 5.01 Å². The largest absolute Gasteiger partial charge is 0.455 e. The third kappa shape index (κ3) is 4.05. The minimum absolute atomic E-state index is 0.185. The lowest BCUT2D eigenvalue weighted by molar-refractivity contribution is 0.442. The standard InChI is InChI=1S/C18H16N4OS/c19-18(24)22(13-14-5-4-10-20-11-14)21-12-16-8-9-17(23-16)15-6-2-1-3-7-15/h1-12H,13H2,(H2,19,24). The van der Waals surface area contributed by atoms with Crippen molar-refractivity contribution in [2.24, 2.45) is 10.8 Å². The molecular weight excluding hydrogens is 320 g/mol. The van der Waals surface area contributed by atoms with Crippen molar-refractivity contribution < 1.29 is 4.42 Å². The third-order valence-corrected chi connectivity index (χ3v) is 3.53. The quantitative estimate of drug-likeness (QED) is 0.439. The molecule has 3 aromatic rings. The summed E-state index contributed by atoms with van der Waals surface area (Å²) in [5.74, 6) is 1.41. The molecule has 24 heavy (non-hydrogen) atoms. The first-order valence-corrected chi connectivity index (χ1v) is 7.78. The molecule has 0 fully saturated rings. The van der Waals surface area contributed by atoms with Gasteiger partial charge in [0.05, 0.1) is 12.8 Å². The number of nitrogens with zero attached hydrogens (tertiary/aromatic N) is 3. The van der Waals surface area contributed by atoms with Crippen LogP contribution in [-0.4, -0.2) is 21.3 Å². The lowest BCUT2D eigenvalue weighted by Crippen LogP contribution is -2.30. The molecule has 2 aromatic heterocycles. The molecule has 0 unspecified atom stereocenters. The van der Waals surface area contributed by atoms with Gasteiger partial charge in [0.25, 0.3) is 0 Å². The van der Waals surface area contributed by atoms with E-state index in [0.29, 0.717) is 12.3 Å². The zero-order valence-corrected chi connectivity index (χ0v) is 13.7. The first-order chi connectivity index (χ1) is 11.7. The number of pyridine rings is 1. The Labute approximate surface area is 145 Å². The Bertz CT molecular complexity index is 830. The van der Waals surface area contributed by atoms with Gasteiger partial charge in [-0.05, 0) is 36.0 Å². The smallest absolute Gasteiger partial charge is 0.187 e. The fourth-order valence-corrected chi connectivity index (χ4v) is 2.26. The van der Waals surface area contributed by atoms with Crippen LogP contribution in [0.5, 0.6) is 0 Å². The summed E-state index contributed by atoms with van der Waals surface area (Å²) in [4.78, 5) is 4.07. The summed E-state index contributed by atoms with van der Waals surface area (Å²) in [6.07, 6.45) is 5.06. The highest BCUT2D eigenvalue weighted by Crippen LogP contribution is 2.21. The van der Waals surface area contributed by atoms with Crippen molar-refractivity contribution in [2.45, 2.75) is 6.54 Å². The van der Waals surface area contributed by atoms with E-state index in [-0.39, 0.29) is 5.11 Å². The molecule has 0 saturated heterocycles. The Morgan fingerprint density at radius 3 is 2.71 bits per heavy atom. The van der Waals surface area contributed by atoms with Gasteiger partial charge in [-0.2, -0.15) is 5.10 Å². The molecule has 0 amide bonds. The van der Waals surface area contributed by atoms with Gasteiger partial charge in [0.1, 0.15) is 11.5 Å². The van der Waals surface area contributed by atoms with E-state index in [1.807, 2.05) is 54.6 Å². The number of hydrazone groups is 1. The fraction of sp³-hybridized carbons (Fsp3) is 0.0556. The Balaban J connectivity index is 1.73. The van der Waals surface area contributed by atoms with Crippen molar-refractivity contribution in [3.63, 3.8) is 0 Å². The molecule has 3 rings (SSSR count). The van der Waals surface area contributed by atoms with Gasteiger partial charge in [0, 0.05) is 18.0 Å². The van der Waals surface area contributed by atoms with Crippen LogP contribution in [0.3, 0.4) is 0 Å². The van der Waals surface area contributed by atoms with Crippen LogP contribution in [0.15, 0.2) is 76.5 Å². The molecule has 0 radical (unpaired) electrons. The highest BCUT2D eigenvalue weighted by atomic mass is 32.1. The van der Waals surface area contributed by atoms with Crippen molar-refractivity contribution in [1.82, 2.24) is 9.99 Å². The summed E-state index contributed by atoms with van der Waals surface area (Å²) >= 11 is 5.05. The number of aromatic nitrogens is 1. The minimum atomic E-state index is 0.185. The van der Waals surface area contributed by atoms with Gasteiger partial charge < -0.3 is 10.2 Å². The average Bonchev–Trinajstić information content (AvgIpc) is 3.09. The fourth-order valence-electron chi connectivity index (χ4n) is 2.15. The highest BCUT2D eigenvalue weighted by molar-refractivity contribution is 7.80. The highest BCUT2D eigenvalue weighted by Gasteiger charge is 2.07. The van der Waals surface area contributed by atoms with Crippen LogP contribution in [0.25, 0.3) is 11.3 Å². The summed E-state index contributed by atoms with van der Waals surface area (Å²) in [6, 6.07) is 17.4. The molecule has 2 heterocycles. The Kier molecular flexibility index (Phi) is 4.98. The number of thiocarbonyl (C=S) groups is 1. The number of hydrogen-bond donors (Lipinski definition) is 1. The van der Waals surface area contributed by atoms with E-state index < -0.39 is 0 Å². The topological polar surface area (TPSA) is 67.7 Å². The second-order valence-electron chi connectivity index (χ2n) is 5.07. The lowest BCUT2D eigenvalue weighted by Gasteiger charge is -2.16. The first-order valence-electron chi connectivity index (χ1n) is 7.37. The van der Waals surface area contributed by atoms with Gasteiger partial charge in [-0.1, -0.05) is 36.4 Å². The predicted octanol–water partition coefficient (Wildman–Crippen LogP) is 3.42. The Hall–Kier alpha value is -2.99. The SMILES string of the molecule is NC(=S)N(Cc1cccnc1)N=Cc1ccc(-c2ccccc2)o1. The molecule has 120 valence electrons. The molecular formula is C18H16N4OS. The summed E-state index contributed by atoms with van der Waals surface area (Å²) < 4.78 is 5.78. The number of hydrogen-bond acceptors (Lipinski definition) is 4. The zero-order valence-electron chi connectivity index (χ0n) is 12.9. The van der Waals surface area contributed by atoms with E-state index in [1.54, 1.807) is 18.6 Å². The summed E-state index contributed by atoms with van der Waals surface area (Å²) in [6.45, 7) is 0.450. The van der Waals surface area contributed by atoms with Crippen LogP contribution in [0.2, 0.25) is 0 Å². The lowest BCUT2D eigenvalue weighted by atomic mass is 10.2. The van der Waals surface area contributed by atoms with Crippen molar-refractivity contribution >= 4 is 23.5 Å². The molecule has 2 N–H and O–H groups in total. The van der Waals surface area contributed by atoms with Crippen LogP contribution in [0, 0.1) is 0 Å². The number of benzene rings is 1. The molecule has 0 saturated carbocycles. The monoisotopic (exact) mass is 336 g/mol. The normalized spacial score (nSPS) is 10.8. The molecule has 1 aromatic carbocycles.